The molecule has 1 aliphatic rings. The average molecular weight is 140 g/mol. The lowest BCUT2D eigenvalue weighted by atomic mass is 10.3. The normalized spacial score (nSPS) is 23.4. The number of piperazine rings is 1. The molecular weight excluding hydrogens is 124 g/mol. The highest BCUT2D eigenvalue weighted by molar-refractivity contribution is 4.72. The first-order valence-electron chi connectivity index (χ1n) is 3.90. The third-order valence-corrected chi connectivity index (χ3v) is 2.10. The van der Waals surface area contributed by atoms with Crippen LogP contribution in [0.4, 0.5) is 0 Å². The summed E-state index contributed by atoms with van der Waals surface area (Å²) >= 11 is 0. The summed E-state index contributed by atoms with van der Waals surface area (Å²) in [5, 5.41) is 0. The Labute approximate surface area is 63.8 Å². The van der Waals surface area contributed by atoms with Gasteiger partial charge >= 0.3 is 0 Å². The maximum Gasteiger partial charge on any atom is 0.0110 e. The Morgan fingerprint density at radius 1 is 0.800 bits per heavy atom. The maximum atomic E-state index is 3.85. The van der Waals surface area contributed by atoms with E-state index in [1.165, 1.54) is 26.2 Å². The van der Waals surface area contributed by atoms with Gasteiger partial charge in [0, 0.05) is 26.2 Å². The van der Waals surface area contributed by atoms with E-state index in [2.05, 4.69) is 23.6 Å². The fourth-order valence-electron chi connectivity index (χ4n) is 1.24. The number of rotatable bonds is 2. The lowest BCUT2D eigenvalue weighted by Crippen LogP contribution is -2.45. The van der Waals surface area contributed by atoms with Crippen molar-refractivity contribution in [3.05, 3.63) is 13.8 Å². The largest absolute Gasteiger partial charge is 0.301 e. The minimum Gasteiger partial charge on any atom is -0.301 e. The van der Waals surface area contributed by atoms with Gasteiger partial charge in [0.15, 0.2) is 0 Å². The summed E-state index contributed by atoms with van der Waals surface area (Å²) in [7, 11) is 0. The topological polar surface area (TPSA) is 6.48 Å². The molecule has 10 heavy (non-hydrogen) atoms. The molecule has 0 atom stereocenters. The predicted octanol–water partition coefficient (Wildman–Crippen LogP) is 0.272. The molecule has 58 valence electrons. The summed E-state index contributed by atoms with van der Waals surface area (Å²) in [4.78, 5) is 4.73. The molecule has 0 aromatic rings. The van der Waals surface area contributed by atoms with E-state index in [4.69, 9.17) is 0 Å². The summed E-state index contributed by atoms with van der Waals surface area (Å²) in [6, 6.07) is 0. The van der Waals surface area contributed by atoms with Gasteiger partial charge in [-0.15, -0.1) is 0 Å². The molecule has 0 spiro atoms. The van der Waals surface area contributed by atoms with Crippen LogP contribution < -0.4 is 0 Å². The van der Waals surface area contributed by atoms with Gasteiger partial charge in [-0.2, -0.15) is 0 Å². The summed E-state index contributed by atoms with van der Waals surface area (Å²) in [6.45, 7) is 14.3. The van der Waals surface area contributed by atoms with Crippen LogP contribution >= 0.6 is 0 Å². The van der Waals surface area contributed by atoms with Crippen LogP contribution in [0.3, 0.4) is 0 Å². The van der Waals surface area contributed by atoms with Crippen molar-refractivity contribution in [2.45, 2.75) is 0 Å². The SMILES string of the molecule is [CH2]CN1CCN(C[CH2])CC1. The summed E-state index contributed by atoms with van der Waals surface area (Å²) in [5.41, 5.74) is 0. The molecule has 1 fully saturated rings. The second-order valence-corrected chi connectivity index (χ2v) is 2.68. The van der Waals surface area contributed by atoms with Gasteiger partial charge in [-0.1, -0.05) is 0 Å². The summed E-state index contributed by atoms with van der Waals surface area (Å²) in [6.07, 6.45) is 0. The molecule has 2 nitrogen and oxygen atoms in total. The Kier molecular flexibility index (Phi) is 3.16. The van der Waals surface area contributed by atoms with Crippen molar-refractivity contribution in [2.24, 2.45) is 0 Å². The fourth-order valence-corrected chi connectivity index (χ4v) is 1.24. The Hall–Kier alpha value is -0.0800. The van der Waals surface area contributed by atoms with E-state index in [-0.39, 0.29) is 0 Å². The zero-order chi connectivity index (χ0) is 7.40. The summed E-state index contributed by atoms with van der Waals surface area (Å²) < 4.78 is 0. The monoisotopic (exact) mass is 140 g/mol. The van der Waals surface area contributed by atoms with Crippen molar-refractivity contribution in [3.63, 3.8) is 0 Å². The van der Waals surface area contributed by atoms with Crippen LogP contribution in [0.15, 0.2) is 0 Å². The van der Waals surface area contributed by atoms with Crippen LogP contribution in [-0.4, -0.2) is 49.1 Å². The Bertz CT molecular complexity index is 73.3. The Morgan fingerprint density at radius 2 is 1.10 bits per heavy atom. The molecule has 0 N–H and O–H groups in total. The zero-order valence-corrected chi connectivity index (χ0v) is 6.55. The zero-order valence-electron chi connectivity index (χ0n) is 6.55. The third-order valence-electron chi connectivity index (χ3n) is 2.10. The summed E-state index contributed by atoms with van der Waals surface area (Å²) in [5.74, 6) is 0. The molecule has 2 heteroatoms. The van der Waals surface area contributed by atoms with Gasteiger partial charge in [-0.25, -0.2) is 0 Å². The number of nitrogens with zero attached hydrogens (tertiary/aromatic N) is 2. The predicted molar refractivity (Wildman–Crippen MR) is 43.6 cm³/mol. The molecule has 0 aromatic carbocycles. The second-order valence-electron chi connectivity index (χ2n) is 2.68. The number of hydrogen-bond acceptors (Lipinski definition) is 2. The highest BCUT2D eigenvalue weighted by atomic mass is 15.2. The van der Waals surface area contributed by atoms with Gasteiger partial charge in [0.2, 0.25) is 0 Å². The minimum atomic E-state index is 0.949. The minimum absolute atomic E-state index is 0.949. The van der Waals surface area contributed by atoms with Crippen LogP contribution in [-0.2, 0) is 0 Å². The lowest BCUT2D eigenvalue weighted by Gasteiger charge is -2.33. The van der Waals surface area contributed by atoms with Gasteiger partial charge in [-0.05, 0) is 26.9 Å². The van der Waals surface area contributed by atoms with E-state index < -0.39 is 0 Å². The first-order chi connectivity index (χ1) is 4.86. The van der Waals surface area contributed by atoms with Gasteiger partial charge in [0.1, 0.15) is 0 Å². The maximum absolute atomic E-state index is 3.85. The van der Waals surface area contributed by atoms with E-state index in [0.717, 1.165) is 13.1 Å². The first-order valence-corrected chi connectivity index (χ1v) is 3.90. The van der Waals surface area contributed by atoms with Crippen LogP contribution in [0.5, 0.6) is 0 Å². The fraction of sp³-hybridized carbons (Fsp3) is 0.750. The van der Waals surface area contributed by atoms with Crippen molar-refractivity contribution in [1.82, 2.24) is 9.80 Å². The van der Waals surface area contributed by atoms with Gasteiger partial charge in [0.25, 0.3) is 0 Å². The van der Waals surface area contributed by atoms with E-state index in [1.807, 2.05) is 0 Å². The second kappa shape index (κ2) is 3.94. The third kappa shape index (κ3) is 1.96. The molecular formula is C8H16N2. The standard InChI is InChI=1S/C8H16N2/c1-3-9-5-7-10(4-2)8-6-9/h1-8H2. The quantitative estimate of drug-likeness (QED) is 0.543. The lowest BCUT2D eigenvalue weighted by molar-refractivity contribution is 0.152. The van der Waals surface area contributed by atoms with Gasteiger partial charge < -0.3 is 9.80 Å². The molecule has 2 radical (unpaired) electrons. The van der Waals surface area contributed by atoms with Crippen molar-refractivity contribution in [1.29, 1.82) is 0 Å². The average Bonchev–Trinajstić information content (AvgIpc) is 2.05. The molecule has 1 heterocycles. The van der Waals surface area contributed by atoms with E-state index >= 15 is 0 Å². The molecule has 1 aliphatic heterocycles. The molecule has 1 rings (SSSR count). The molecule has 1 saturated heterocycles. The molecule has 0 amide bonds. The van der Waals surface area contributed by atoms with Crippen molar-refractivity contribution in [2.75, 3.05) is 39.3 Å². The Morgan fingerprint density at radius 3 is 1.30 bits per heavy atom. The van der Waals surface area contributed by atoms with Crippen LogP contribution in [0.1, 0.15) is 0 Å². The van der Waals surface area contributed by atoms with Crippen molar-refractivity contribution >= 4 is 0 Å². The molecule has 0 saturated carbocycles. The molecule has 0 bridgehead atoms. The van der Waals surface area contributed by atoms with Crippen LogP contribution in [0.2, 0.25) is 0 Å². The highest BCUT2D eigenvalue weighted by Gasteiger charge is 2.12. The van der Waals surface area contributed by atoms with E-state index in [9.17, 15) is 0 Å². The van der Waals surface area contributed by atoms with Crippen molar-refractivity contribution < 1.29 is 0 Å². The van der Waals surface area contributed by atoms with Gasteiger partial charge in [0.05, 0.1) is 0 Å². The van der Waals surface area contributed by atoms with Crippen LogP contribution in [0.25, 0.3) is 0 Å². The van der Waals surface area contributed by atoms with E-state index in [0.29, 0.717) is 0 Å². The Balaban J connectivity index is 2.17. The van der Waals surface area contributed by atoms with E-state index in [1.54, 1.807) is 0 Å². The smallest absolute Gasteiger partial charge is 0.0110 e. The number of hydrogen-bond donors (Lipinski definition) is 0. The van der Waals surface area contributed by atoms with Crippen molar-refractivity contribution in [3.8, 4) is 0 Å². The van der Waals surface area contributed by atoms with Gasteiger partial charge in [-0.3, -0.25) is 0 Å². The molecule has 0 unspecified atom stereocenters. The first kappa shape index (κ1) is 8.02. The van der Waals surface area contributed by atoms with Crippen LogP contribution in [0, 0.1) is 13.8 Å². The molecule has 0 aromatic heterocycles. The molecule has 0 aliphatic carbocycles. The highest BCUT2D eigenvalue weighted by Crippen LogP contribution is 1.98.